The normalized spacial score (nSPS) is 11.1. The third-order valence-electron chi connectivity index (χ3n) is 3.80. The Morgan fingerprint density at radius 1 is 1.22 bits per heavy atom. The van der Waals surface area contributed by atoms with Gasteiger partial charge in [-0.1, -0.05) is 18.2 Å². The Hall–Kier alpha value is -3.72. The van der Waals surface area contributed by atoms with Gasteiger partial charge in [0.25, 0.3) is 0 Å². The number of ether oxygens (including phenoxy) is 1. The lowest BCUT2D eigenvalue weighted by Gasteiger charge is -2.01. The van der Waals surface area contributed by atoms with Crippen molar-refractivity contribution in [2.24, 2.45) is 0 Å². The third-order valence-corrected chi connectivity index (χ3v) is 3.80. The number of esters is 1. The van der Waals surface area contributed by atoms with Gasteiger partial charge in [0.1, 0.15) is 17.5 Å². The van der Waals surface area contributed by atoms with Gasteiger partial charge in [0.05, 0.1) is 18.0 Å². The van der Waals surface area contributed by atoms with Crippen molar-refractivity contribution in [1.29, 1.82) is 5.26 Å². The molecule has 0 aliphatic carbocycles. The summed E-state index contributed by atoms with van der Waals surface area (Å²) >= 11 is 0. The van der Waals surface area contributed by atoms with Crippen molar-refractivity contribution >= 4 is 12.0 Å². The van der Waals surface area contributed by atoms with E-state index < -0.39 is 5.97 Å². The first-order valence-corrected chi connectivity index (χ1v) is 8.32. The minimum Gasteiger partial charge on any atom is -0.462 e. The summed E-state index contributed by atoms with van der Waals surface area (Å²) in [5.41, 5.74) is 2.42. The number of halogens is 1. The van der Waals surface area contributed by atoms with Gasteiger partial charge in [0, 0.05) is 17.3 Å². The van der Waals surface area contributed by atoms with Gasteiger partial charge in [-0.15, -0.1) is 0 Å². The zero-order valence-corrected chi connectivity index (χ0v) is 14.6. The molecule has 6 heteroatoms. The molecule has 0 unspecified atom stereocenters. The smallest absolute Gasteiger partial charge is 0.348 e. The Labute approximate surface area is 155 Å². The van der Waals surface area contributed by atoms with Crippen molar-refractivity contribution in [3.63, 3.8) is 0 Å². The van der Waals surface area contributed by atoms with E-state index >= 15 is 0 Å². The Balaban J connectivity index is 2.13. The summed E-state index contributed by atoms with van der Waals surface area (Å²) in [6.07, 6.45) is 3.15. The van der Waals surface area contributed by atoms with Gasteiger partial charge >= 0.3 is 5.97 Å². The predicted octanol–water partition coefficient (Wildman–Crippen LogP) is 4.15. The molecular weight excluding hydrogens is 345 g/mol. The second kappa shape index (κ2) is 8.11. The van der Waals surface area contributed by atoms with E-state index in [4.69, 9.17) is 4.74 Å². The highest BCUT2D eigenvalue weighted by Gasteiger charge is 2.15. The predicted molar refractivity (Wildman–Crippen MR) is 99.2 cm³/mol. The number of aromatic nitrogens is 2. The van der Waals surface area contributed by atoms with E-state index in [9.17, 15) is 14.4 Å². The molecule has 0 radical (unpaired) electrons. The van der Waals surface area contributed by atoms with E-state index in [1.807, 2.05) is 36.4 Å². The third kappa shape index (κ3) is 4.10. The van der Waals surface area contributed by atoms with E-state index in [1.54, 1.807) is 29.9 Å². The topological polar surface area (TPSA) is 67.9 Å². The number of hydrogen-bond acceptors (Lipinski definition) is 4. The largest absolute Gasteiger partial charge is 0.462 e. The molecule has 1 aromatic heterocycles. The van der Waals surface area contributed by atoms with E-state index in [-0.39, 0.29) is 18.0 Å². The molecule has 0 fully saturated rings. The highest BCUT2D eigenvalue weighted by atomic mass is 19.1. The standard InChI is InChI=1S/C21H16FN3O2/c1-2-27-21(26)16(13-23)12-17-14-25(19-6-4-3-5-7-19)24-20(17)15-8-10-18(22)11-9-15/h3-12,14H,2H2,1H3. The van der Waals surface area contributed by atoms with Crippen LogP contribution in [0, 0.1) is 17.1 Å². The molecule has 3 aromatic rings. The molecule has 0 saturated heterocycles. The fourth-order valence-corrected chi connectivity index (χ4v) is 2.54. The average molecular weight is 361 g/mol. The number of rotatable bonds is 5. The molecule has 0 aliphatic rings. The summed E-state index contributed by atoms with van der Waals surface area (Å²) < 4.78 is 19.8. The molecule has 3 rings (SSSR count). The van der Waals surface area contributed by atoms with Gasteiger partial charge in [-0.3, -0.25) is 0 Å². The molecule has 0 atom stereocenters. The van der Waals surface area contributed by atoms with Crippen molar-refractivity contribution in [2.45, 2.75) is 6.92 Å². The summed E-state index contributed by atoms with van der Waals surface area (Å²) in [6, 6.07) is 17.1. The molecule has 5 nitrogen and oxygen atoms in total. The molecule has 0 aliphatic heterocycles. The average Bonchev–Trinajstić information content (AvgIpc) is 3.11. The maximum atomic E-state index is 13.3. The molecule has 27 heavy (non-hydrogen) atoms. The van der Waals surface area contributed by atoms with Gasteiger partial charge in [0.2, 0.25) is 0 Å². The lowest BCUT2D eigenvalue weighted by Crippen LogP contribution is -2.06. The van der Waals surface area contributed by atoms with Crippen LogP contribution in [0.1, 0.15) is 12.5 Å². The zero-order valence-electron chi connectivity index (χ0n) is 14.6. The Bertz CT molecular complexity index is 1020. The second-order valence-corrected chi connectivity index (χ2v) is 5.61. The molecule has 0 bridgehead atoms. The van der Waals surface area contributed by atoms with Gasteiger partial charge in [-0.2, -0.15) is 10.4 Å². The number of nitrogens with zero attached hydrogens (tertiary/aromatic N) is 3. The van der Waals surface area contributed by atoms with E-state index in [0.717, 1.165) is 5.69 Å². The highest BCUT2D eigenvalue weighted by molar-refractivity contribution is 5.98. The van der Waals surface area contributed by atoms with Crippen LogP contribution in [0.2, 0.25) is 0 Å². The molecule has 0 N–H and O–H groups in total. The SMILES string of the molecule is CCOC(=O)C(C#N)=Cc1cn(-c2ccccc2)nc1-c1ccc(F)cc1. The van der Waals surface area contributed by atoms with E-state index in [0.29, 0.717) is 16.8 Å². The molecule has 0 saturated carbocycles. The van der Waals surface area contributed by atoms with Crippen molar-refractivity contribution in [1.82, 2.24) is 9.78 Å². The zero-order chi connectivity index (χ0) is 19.2. The minimum absolute atomic E-state index is 0.132. The van der Waals surface area contributed by atoms with Crippen LogP contribution in [0.25, 0.3) is 23.0 Å². The number of hydrogen-bond donors (Lipinski definition) is 0. The Morgan fingerprint density at radius 2 is 1.93 bits per heavy atom. The number of carbonyl (C=O) groups is 1. The molecule has 2 aromatic carbocycles. The van der Waals surface area contributed by atoms with Crippen molar-refractivity contribution in [3.05, 3.63) is 77.7 Å². The van der Waals surface area contributed by atoms with Crippen LogP contribution in [0.4, 0.5) is 4.39 Å². The lowest BCUT2D eigenvalue weighted by atomic mass is 10.1. The van der Waals surface area contributed by atoms with Crippen molar-refractivity contribution < 1.29 is 13.9 Å². The first kappa shape index (κ1) is 18.1. The van der Waals surface area contributed by atoms with Crippen LogP contribution in [0.5, 0.6) is 0 Å². The van der Waals surface area contributed by atoms with Gasteiger partial charge in [-0.25, -0.2) is 13.9 Å². The summed E-state index contributed by atoms with van der Waals surface area (Å²) in [4.78, 5) is 12.0. The summed E-state index contributed by atoms with van der Waals surface area (Å²) in [5.74, 6) is -1.06. The fraction of sp³-hybridized carbons (Fsp3) is 0.0952. The monoisotopic (exact) mass is 361 g/mol. The van der Waals surface area contributed by atoms with Crippen LogP contribution in [0.15, 0.2) is 66.4 Å². The van der Waals surface area contributed by atoms with Gasteiger partial charge in [-0.05, 0) is 49.4 Å². The van der Waals surface area contributed by atoms with Crippen LogP contribution in [-0.2, 0) is 9.53 Å². The van der Waals surface area contributed by atoms with Crippen molar-refractivity contribution in [2.75, 3.05) is 6.61 Å². The summed E-state index contributed by atoms with van der Waals surface area (Å²) in [7, 11) is 0. The quantitative estimate of drug-likeness (QED) is 0.389. The molecule has 0 spiro atoms. The molecule has 134 valence electrons. The van der Waals surface area contributed by atoms with Crippen LogP contribution < -0.4 is 0 Å². The maximum absolute atomic E-state index is 13.3. The van der Waals surface area contributed by atoms with Crippen LogP contribution in [-0.4, -0.2) is 22.4 Å². The van der Waals surface area contributed by atoms with Crippen LogP contribution in [0.3, 0.4) is 0 Å². The first-order valence-electron chi connectivity index (χ1n) is 8.32. The number of carbonyl (C=O) groups excluding carboxylic acids is 1. The molecule has 0 amide bonds. The maximum Gasteiger partial charge on any atom is 0.348 e. The second-order valence-electron chi connectivity index (χ2n) is 5.61. The Kier molecular flexibility index (Phi) is 5.43. The minimum atomic E-state index is -0.697. The summed E-state index contributed by atoms with van der Waals surface area (Å²) in [5, 5.41) is 13.9. The highest BCUT2D eigenvalue weighted by Crippen LogP contribution is 2.26. The number of nitriles is 1. The summed E-state index contributed by atoms with van der Waals surface area (Å²) in [6.45, 7) is 1.84. The number of para-hydroxylation sites is 1. The Morgan fingerprint density at radius 3 is 2.56 bits per heavy atom. The lowest BCUT2D eigenvalue weighted by molar-refractivity contribution is -0.137. The first-order chi connectivity index (χ1) is 13.1. The number of benzene rings is 2. The molecule has 1 heterocycles. The van der Waals surface area contributed by atoms with E-state index in [1.165, 1.54) is 18.2 Å². The van der Waals surface area contributed by atoms with Crippen LogP contribution >= 0.6 is 0 Å². The van der Waals surface area contributed by atoms with E-state index in [2.05, 4.69) is 5.10 Å². The van der Waals surface area contributed by atoms with Gasteiger partial charge in [0.15, 0.2) is 0 Å². The molecular formula is C21H16FN3O2. The fourth-order valence-electron chi connectivity index (χ4n) is 2.54. The van der Waals surface area contributed by atoms with Crippen molar-refractivity contribution in [3.8, 4) is 23.0 Å². The van der Waals surface area contributed by atoms with Gasteiger partial charge < -0.3 is 4.74 Å².